The van der Waals surface area contributed by atoms with Crippen molar-refractivity contribution in [3.8, 4) is 17.1 Å². The fraction of sp³-hybridized carbons (Fsp3) is 0.150. The van der Waals surface area contributed by atoms with Crippen molar-refractivity contribution in [2.24, 2.45) is 0 Å². The SMILES string of the molecule is COC(=O)[C@@H]1CN(C(=O)c2cc(-c3ccc(Cl)cc3)on2)c2ccccc2O1. The molecule has 0 unspecified atom stereocenters. The molecule has 1 aliphatic heterocycles. The molecule has 142 valence electrons. The second-order valence-electron chi connectivity index (χ2n) is 6.10. The minimum atomic E-state index is -0.925. The molecule has 0 N–H and O–H groups in total. The van der Waals surface area contributed by atoms with Crippen molar-refractivity contribution >= 4 is 29.2 Å². The Morgan fingerprint density at radius 2 is 1.93 bits per heavy atom. The van der Waals surface area contributed by atoms with Crippen LogP contribution in [0.5, 0.6) is 5.75 Å². The van der Waals surface area contributed by atoms with Gasteiger partial charge < -0.3 is 14.0 Å². The highest BCUT2D eigenvalue weighted by molar-refractivity contribution is 6.30. The van der Waals surface area contributed by atoms with Crippen LogP contribution in [0.25, 0.3) is 11.3 Å². The second-order valence-corrected chi connectivity index (χ2v) is 6.53. The van der Waals surface area contributed by atoms with E-state index in [1.807, 2.05) is 0 Å². The maximum absolute atomic E-state index is 13.1. The van der Waals surface area contributed by atoms with E-state index < -0.39 is 18.0 Å². The predicted octanol–water partition coefficient (Wildman–Crippen LogP) is 3.58. The lowest BCUT2D eigenvalue weighted by atomic mass is 10.1. The molecule has 2 aromatic carbocycles. The summed E-state index contributed by atoms with van der Waals surface area (Å²) in [6, 6.07) is 15.5. The minimum absolute atomic E-state index is 0.00561. The number of methoxy groups -OCH3 is 1. The number of hydrogen-bond donors (Lipinski definition) is 0. The van der Waals surface area contributed by atoms with Crippen molar-refractivity contribution in [1.29, 1.82) is 0 Å². The number of fused-ring (bicyclic) bond motifs is 1. The first kappa shape index (κ1) is 18.1. The van der Waals surface area contributed by atoms with E-state index in [2.05, 4.69) is 5.16 Å². The zero-order valence-corrected chi connectivity index (χ0v) is 15.6. The Bertz CT molecular complexity index is 1030. The Morgan fingerprint density at radius 1 is 1.18 bits per heavy atom. The molecular formula is C20H15ClN2O5. The number of nitrogens with zero attached hydrogens (tertiary/aromatic N) is 2. The summed E-state index contributed by atoms with van der Waals surface area (Å²) < 4.78 is 15.7. The van der Waals surface area contributed by atoms with E-state index in [0.29, 0.717) is 22.2 Å². The number of carbonyl (C=O) groups excluding carboxylic acids is 2. The molecule has 1 amide bonds. The fourth-order valence-corrected chi connectivity index (χ4v) is 3.07. The molecule has 0 bridgehead atoms. The number of esters is 1. The molecule has 1 aromatic heterocycles. The largest absolute Gasteiger partial charge is 0.475 e. The van der Waals surface area contributed by atoms with Gasteiger partial charge in [0.2, 0.25) is 6.10 Å². The Morgan fingerprint density at radius 3 is 2.68 bits per heavy atom. The molecule has 3 aromatic rings. The van der Waals surface area contributed by atoms with Crippen LogP contribution in [0.1, 0.15) is 10.5 Å². The van der Waals surface area contributed by atoms with Crippen LogP contribution in [0, 0.1) is 0 Å². The van der Waals surface area contributed by atoms with Gasteiger partial charge in [0.15, 0.2) is 11.5 Å². The molecule has 28 heavy (non-hydrogen) atoms. The van der Waals surface area contributed by atoms with Crippen LogP contribution in [-0.2, 0) is 9.53 Å². The lowest BCUT2D eigenvalue weighted by Crippen LogP contribution is -2.47. The third kappa shape index (κ3) is 3.32. The lowest BCUT2D eigenvalue weighted by molar-refractivity contribution is -0.148. The number of benzene rings is 2. The summed E-state index contributed by atoms with van der Waals surface area (Å²) in [6.07, 6.45) is -0.925. The Kier molecular flexibility index (Phi) is 4.75. The van der Waals surface area contributed by atoms with Crippen molar-refractivity contribution < 1.29 is 23.6 Å². The van der Waals surface area contributed by atoms with Crippen molar-refractivity contribution in [2.75, 3.05) is 18.6 Å². The normalized spacial score (nSPS) is 15.5. The first-order chi connectivity index (χ1) is 13.6. The van der Waals surface area contributed by atoms with Gasteiger partial charge in [0, 0.05) is 16.7 Å². The first-order valence-electron chi connectivity index (χ1n) is 8.45. The summed E-state index contributed by atoms with van der Waals surface area (Å²) in [6.45, 7) is 0.00561. The number of anilines is 1. The van der Waals surface area contributed by atoms with Crippen molar-refractivity contribution in [3.63, 3.8) is 0 Å². The molecule has 0 fully saturated rings. The van der Waals surface area contributed by atoms with E-state index in [1.165, 1.54) is 12.0 Å². The van der Waals surface area contributed by atoms with Crippen molar-refractivity contribution in [1.82, 2.24) is 5.16 Å². The van der Waals surface area contributed by atoms with Crippen LogP contribution in [0.3, 0.4) is 0 Å². The van der Waals surface area contributed by atoms with E-state index in [1.54, 1.807) is 54.6 Å². The topological polar surface area (TPSA) is 81.9 Å². The number of amides is 1. The van der Waals surface area contributed by atoms with Gasteiger partial charge in [-0.3, -0.25) is 9.69 Å². The van der Waals surface area contributed by atoms with Gasteiger partial charge in [0.25, 0.3) is 5.91 Å². The zero-order chi connectivity index (χ0) is 19.7. The quantitative estimate of drug-likeness (QED) is 0.627. The number of hydrogen-bond acceptors (Lipinski definition) is 6. The van der Waals surface area contributed by atoms with Gasteiger partial charge in [-0.1, -0.05) is 28.9 Å². The summed E-state index contributed by atoms with van der Waals surface area (Å²) in [5, 5.41) is 4.49. The molecule has 4 rings (SSSR count). The van der Waals surface area contributed by atoms with E-state index in [-0.39, 0.29) is 12.2 Å². The average Bonchev–Trinajstić information content (AvgIpc) is 3.22. The third-order valence-electron chi connectivity index (χ3n) is 4.34. The monoisotopic (exact) mass is 398 g/mol. The van der Waals surface area contributed by atoms with Crippen molar-refractivity contribution in [3.05, 3.63) is 65.3 Å². The van der Waals surface area contributed by atoms with E-state index >= 15 is 0 Å². The lowest BCUT2D eigenvalue weighted by Gasteiger charge is -2.33. The Balaban J connectivity index is 1.65. The Hall–Kier alpha value is -3.32. The predicted molar refractivity (Wildman–Crippen MR) is 101 cm³/mol. The molecule has 8 heteroatoms. The highest BCUT2D eigenvalue weighted by Crippen LogP contribution is 2.34. The van der Waals surface area contributed by atoms with Crippen LogP contribution in [-0.4, -0.2) is 36.8 Å². The van der Waals surface area contributed by atoms with Gasteiger partial charge in [-0.05, 0) is 36.4 Å². The Labute approximate surface area is 165 Å². The van der Waals surface area contributed by atoms with Gasteiger partial charge in [0.1, 0.15) is 5.75 Å². The van der Waals surface area contributed by atoms with Crippen LogP contribution in [0.2, 0.25) is 5.02 Å². The summed E-state index contributed by atoms with van der Waals surface area (Å²) >= 11 is 5.90. The molecule has 0 spiro atoms. The number of ether oxygens (including phenoxy) is 2. The molecule has 7 nitrogen and oxygen atoms in total. The fourth-order valence-electron chi connectivity index (χ4n) is 2.95. The highest BCUT2D eigenvalue weighted by Gasteiger charge is 2.35. The summed E-state index contributed by atoms with van der Waals surface area (Å²) in [4.78, 5) is 26.5. The molecule has 0 aliphatic carbocycles. The van der Waals surface area contributed by atoms with E-state index in [4.69, 9.17) is 25.6 Å². The number of carbonyl (C=O) groups is 2. The number of halogens is 1. The van der Waals surface area contributed by atoms with E-state index in [9.17, 15) is 9.59 Å². The molecule has 0 saturated heterocycles. The van der Waals surface area contributed by atoms with Gasteiger partial charge >= 0.3 is 5.97 Å². The first-order valence-corrected chi connectivity index (χ1v) is 8.82. The molecular weight excluding hydrogens is 384 g/mol. The molecule has 2 heterocycles. The summed E-state index contributed by atoms with van der Waals surface area (Å²) in [5.41, 5.74) is 1.40. The number of para-hydroxylation sites is 2. The van der Waals surface area contributed by atoms with Crippen LogP contribution in [0.4, 0.5) is 5.69 Å². The maximum Gasteiger partial charge on any atom is 0.348 e. The van der Waals surface area contributed by atoms with Gasteiger partial charge in [0.05, 0.1) is 19.3 Å². The molecule has 1 aliphatic rings. The molecule has 1 atom stereocenters. The van der Waals surface area contributed by atoms with Crippen LogP contribution >= 0.6 is 11.6 Å². The molecule has 0 radical (unpaired) electrons. The van der Waals surface area contributed by atoms with Gasteiger partial charge in [-0.2, -0.15) is 0 Å². The van der Waals surface area contributed by atoms with E-state index in [0.717, 1.165) is 5.56 Å². The maximum atomic E-state index is 13.1. The minimum Gasteiger partial charge on any atom is -0.475 e. The zero-order valence-electron chi connectivity index (χ0n) is 14.8. The summed E-state index contributed by atoms with van der Waals surface area (Å²) in [5.74, 6) is -0.118. The third-order valence-corrected chi connectivity index (χ3v) is 4.59. The van der Waals surface area contributed by atoms with Gasteiger partial charge in [-0.25, -0.2) is 4.79 Å². The standard InChI is InChI=1S/C20H15ClN2O5/c1-26-20(25)18-11-23(15-4-2-3-5-16(15)27-18)19(24)14-10-17(28-22-14)12-6-8-13(21)9-7-12/h2-10,18H,11H2,1H3/t18-/m0/s1. The highest BCUT2D eigenvalue weighted by atomic mass is 35.5. The van der Waals surface area contributed by atoms with Gasteiger partial charge in [-0.15, -0.1) is 0 Å². The second kappa shape index (κ2) is 7.36. The van der Waals surface area contributed by atoms with Crippen LogP contribution in [0.15, 0.2) is 59.1 Å². The number of aromatic nitrogens is 1. The van der Waals surface area contributed by atoms with Crippen molar-refractivity contribution in [2.45, 2.75) is 6.10 Å². The molecule has 0 saturated carbocycles. The van der Waals surface area contributed by atoms with Crippen LogP contribution < -0.4 is 9.64 Å². The smallest absolute Gasteiger partial charge is 0.348 e. The summed E-state index contributed by atoms with van der Waals surface area (Å²) in [7, 11) is 1.27. The average molecular weight is 399 g/mol. The number of rotatable bonds is 3.